The fourth-order valence-corrected chi connectivity index (χ4v) is 2.17. The molecule has 0 spiro atoms. The Balaban J connectivity index is 1.89. The highest BCUT2D eigenvalue weighted by Crippen LogP contribution is 2.36. The Kier molecular flexibility index (Phi) is 1.83. The number of fused-ring (bicyclic) bond motifs is 1. The van der Waals surface area contributed by atoms with Gasteiger partial charge in [0, 0.05) is 25.3 Å². The molecule has 4 rings (SSSR count). The summed E-state index contributed by atoms with van der Waals surface area (Å²) < 4.78 is 137. The third-order valence-electron chi connectivity index (χ3n) is 3.28. The van der Waals surface area contributed by atoms with Crippen molar-refractivity contribution >= 4 is 0 Å². The predicted molar refractivity (Wildman–Crippen MR) is 88.2 cm³/mol. The van der Waals surface area contributed by atoms with Crippen molar-refractivity contribution in [3.63, 3.8) is 0 Å². The molecule has 2 aliphatic heterocycles. The molecule has 0 amide bonds. The minimum Gasteiger partial charge on any atom is -0.493 e. The molecule has 2 aromatic carbocycles. The van der Waals surface area contributed by atoms with Crippen molar-refractivity contribution in [1.82, 2.24) is 5.32 Å². The summed E-state index contributed by atoms with van der Waals surface area (Å²) in [4.78, 5) is 0. The Hall–Kier alpha value is -2.27. The van der Waals surface area contributed by atoms with Crippen molar-refractivity contribution in [2.75, 3.05) is 26.3 Å². The Bertz CT molecular complexity index is 1250. The predicted octanol–water partition coefficient (Wildman–Crippen LogP) is 3.33. The highest BCUT2D eigenvalue weighted by Gasteiger charge is 2.27. The fraction of sp³-hybridized carbons (Fsp3) is 0.368. The minimum absolute atomic E-state index is 0.0336. The number of hydrogen-bond donors (Lipinski definition) is 1. The van der Waals surface area contributed by atoms with Gasteiger partial charge < -0.3 is 19.5 Å². The van der Waals surface area contributed by atoms with E-state index < -0.39 is 80.1 Å². The van der Waals surface area contributed by atoms with E-state index in [2.05, 4.69) is 5.32 Å². The second-order valence-corrected chi connectivity index (χ2v) is 4.83. The van der Waals surface area contributed by atoms with E-state index in [4.69, 9.17) is 32.0 Å². The molecule has 0 bridgehead atoms. The van der Waals surface area contributed by atoms with Gasteiger partial charge in [0.15, 0.2) is 11.5 Å². The second kappa shape index (κ2) is 6.69. The maximum absolute atomic E-state index is 14.2. The molecule has 2 aliphatic rings. The van der Waals surface area contributed by atoms with E-state index in [1.165, 1.54) is 6.07 Å². The standard InChI is InChI=1S/C19H20FNO3/c20-15-3-1-13(2-4-15)17-7-8-21-10-14(17)11-22-16-5-6-18-19(9-16)24-12-23-18/h1-6,9,14,17,21H,7-8,10-12H2/t14?,17-/m0/s1/i1D,2D,3D,4D,7D2,10D2,11D2,12D2,17D. The lowest BCUT2D eigenvalue weighted by Gasteiger charge is -2.32. The van der Waals surface area contributed by atoms with Crippen LogP contribution in [0.4, 0.5) is 4.39 Å². The molecule has 0 aromatic heterocycles. The Morgan fingerprint density at radius 2 is 2.17 bits per heavy atom. The van der Waals surface area contributed by atoms with E-state index in [9.17, 15) is 4.39 Å². The van der Waals surface area contributed by atoms with Crippen molar-refractivity contribution < 1.29 is 36.4 Å². The lowest BCUT2D eigenvalue weighted by molar-refractivity contribution is 0.173. The molecule has 2 atom stereocenters. The van der Waals surface area contributed by atoms with Gasteiger partial charge in [-0.15, -0.1) is 0 Å². The van der Waals surface area contributed by atoms with Crippen LogP contribution in [-0.2, 0) is 0 Å². The molecular weight excluding hydrogens is 309 g/mol. The molecule has 0 radical (unpaired) electrons. The lowest BCUT2D eigenvalue weighted by Crippen LogP contribution is -2.38. The van der Waals surface area contributed by atoms with Crippen molar-refractivity contribution in [3.05, 3.63) is 53.7 Å². The molecule has 24 heavy (non-hydrogen) atoms. The maximum Gasteiger partial charge on any atom is 0.231 e. The molecule has 1 unspecified atom stereocenters. The number of nitrogens with one attached hydrogen (secondary N) is 1. The molecule has 1 fully saturated rings. The molecule has 2 heterocycles. The van der Waals surface area contributed by atoms with Gasteiger partial charge in [-0.25, -0.2) is 4.39 Å². The third-order valence-corrected chi connectivity index (χ3v) is 3.28. The van der Waals surface area contributed by atoms with E-state index in [0.717, 1.165) is 12.1 Å². The molecule has 1 saturated heterocycles. The number of piperidine rings is 1. The summed E-state index contributed by atoms with van der Waals surface area (Å²) in [5.41, 5.74) is -1.03. The molecule has 126 valence electrons. The minimum atomic E-state index is -3.28. The highest BCUT2D eigenvalue weighted by atomic mass is 19.1. The fourth-order valence-electron chi connectivity index (χ4n) is 2.17. The Morgan fingerprint density at radius 3 is 3.04 bits per heavy atom. The topological polar surface area (TPSA) is 39.7 Å². The maximum atomic E-state index is 14.2. The lowest BCUT2D eigenvalue weighted by atomic mass is 9.81. The summed E-state index contributed by atoms with van der Waals surface area (Å²) in [7, 11) is 0. The average Bonchev–Trinajstić information content (AvgIpc) is 3.06. The zero-order valence-corrected chi connectivity index (χ0v) is 12.1. The van der Waals surface area contributed by atoms with Crippen LogP contribution in [0.15, 0.2) is 42.4 Å². The third kappa shape index (κ3) is 3.17. The van der Waals surface area contributed by atoms with Gasteiger partial charge in [0.1, 0.15) is 14.3 Å². The Morgan fingerprint density at radius 1 is 1.33 bits per heavy atom. The van der Waals surface area contributed by atoms with Crippen LogP contribution in [-0.4, -0.2) is 26.3 Å². The smallest absolute Gasteiger partial charge is 0.231 e. The van der Waals surface area contributed by atoms with Gasteiger partial charge in [0.25, 0.3) is 0 Å². The molecule has 0 saturated carbocycles. The van der Waals surface area contributed by atoms with Crippen LogP contribution in [0.1, 0.15) is 35.7 Å². The first-order chi connectivity index (χ1) is 16.8. The van der Waals surface area contributed by atoms with Crippen LogP contribution in [0.2, 0.25) is 0 Å². The van der Waals surface area contributed by atoms with Gasteiger partial charge in [-0.2, -0.15) is 0 Å². The highest BCUT2D eigenvalue weighted by molar-refractivity contribution is 5.46. The summed E-state index contributed by atoms with van der Waals surface area (Å²) >= 11 is 0. The zero-order valence-electron chi connectivity index (χ0n) is 25.1. The van der Waals surface area contributed by atoms with Crippen LogP contribution in [0.25, 0.3) is 0 Å². The van der Waals surface area contributed by atoms with E-state index in [1.54, 1.807) is 0 Å². The summed E-state index contributed by atoms with van der Waals surface area (Å²) in [6.45, 7) is -9.58. The van der Waals surface area contributed by atoms with Crippen molar-refractivity contribution in [1.29, 1.82) is 0 Å². The number of benzene rings is 2. The summed E-state index contributed by atoms with van der Waals surface area (Å²) in [6, 6.07) is -1.37. The van der Waals surface area contributed by atoms with Crippen molar-refractivity contribution in [2.24, 2.45) is 5.92 Å². The molecule has 0 aliphatic carbocycles. The Labute approximate surface area is 158 Å². The summed E-state index contributed by atoms with van der Waals surface area (Å²) in [5.74, 6) is -7.77. The number of ether oxygens (including phenoxy) is 3. The SMILES string of the molecule is [2H]c1c([2H])c([C@@]2([2H])C(C([2H])([2H])Oc3ccc4c(c3)OC([2H])([2H])O4)C([2H])([2H])NCC2([2H])[2H])c([2H])c([2H])c1F. The molecule has 5 heteroatoms. The van der Waals surface area contributed by atoms with Crippen LogP contribution in [0.5, 0.6) is 17.2 Å². The monoisotopic (exact) mass is 342 g/mol. The first-order valence-corrected chi connectivity index (χ1v) is 6.97. The van der Waals surface area contributed by atoms with Gasteiger partial charge in [-0.3, -0.25) is 0 Å². The largest absolute Gasteiger partial charge is 0.493 e. The van der Waals surface area contributed by atoms with Crippen LogP contribution in [0.3, 0.4) is 0 Å². The van der Waals surface area contributed by atoms with E-state index in [0.29, 0.717) is 0 Å². The first kappa shape index (κ1) is 6.56. The summed E-state index contributed by atoms with van der Waals surface area (Å²) in [5, 5.41) is 2.18. The quantitative estimate of drug-likeness (QED) is 0.925. The molecule has 4 nitrogen and oxygen atoms in total. The van der Waals surface area contributed by atoms with E-state index in [-0.39, 0.29) is 17.2 Å². The summed E-state index contributed by atoms with van der Waals surface area (Å²) in [6.07, 6.45) is -2.91. The van der Waals surface area contributed by atoms with E-state index >= 15 is 0 Å². The van der Waals surface area contributed by atoms with Gasteiger partial charge in [0.2, 0.25) is 6.75 Å². The van der Waals surface area contributed by atoms with Crippen LogP contribution >= 0.6 is 0 Å². The van der Waals surface area contributed by atoms with Crippen LogP contribution < -0.4 is 19.5 Å². The van der Waals surface area contributed by atoms with Gasteiger partial charge in [-0.05, 0) is 48.6 Å². The average molecular weight is 342 g/mol. The molecule has 2 aromatic rings. The van der Waals surface area contributed by atoms with Crippen molar-refractivity contribution in [2.45, 2.75) is 12.3 Å². The first-order valence-electron chi connectivity index (χ1n) is 13.5. The van der Waals surface area contributed by atoms with E-state index in [1.807, 2.05) is 0 Å². The number of hydrogen-bond acceptors (Lipinski definition) is 4. The van der Waals surface area contributed by atoms with Gasteiger partial charge >= 0.3 is 0 Å². The molecule has 1 N–H and O–H groups in total. The second-order valence-electron chi connectivity index (χ2n) is 4.83. The number of rotatable bonds is 4. The number of halogens is 1. The normalized spacial score (nSPS) is 40.2. The van der Waals surface area contributed by atoms with Gasteiger partial charge in [0.05, 0.1) is 14.8 Å². The van der Waals surface area contributed by atoms with Crippen LogP contribution in [0, 0.1) is 11.7 Å². The zero-order chi connectivity index (χ0) is 27.9. The van der Waals surface area contributed by atoms with Crippen molar-refractivity contribution in [3.8, 4) is 17.2 Å². The van der Waals surface area contributed by atoms with Gasteiger partial charge in [-0.1, -0.05) is 12.1 Å². The molecular formula is C19H20FNO3.